The van der Waals surface area contributed by atoms with E-state index in [0.717, 1.165) is 5.56 Å². The van der Waals surface area contributed by atoms with Crippen molar-refractivity contribution in [3.63, 3.8) is 0 Å². The lowest BCUT2D eigenvalue weighted by atomic mass is 9.95. The van der Waals surface area contributed by atoms with Crippen LogP contribution in [0, 0.1) is 6.92 Å². The van der Waals surface area contributed by atoms with Crippen LogP contribution < -0.4 is 5.32 Å². The van der Waals surface area contributed by atoms with Crippen molar-refractivity contribution in [3.8, 4) is 0 Å². The van der Waals surface area contributed by atoms with E-state index in [1.54, 1.807) is 4.90 Å². The molecule has 1 rings (SSSR count). The van der Waals surface area contributed by atoms with Crippen molar-refractivity contribution in [2.75, 3.05) is 25.0 Å². The van der Waals surface area contributed by atoms with E-state index in [9.17, 15) is 4.79 Å². The third kappa shape index (κ3) is 4.56. The van der Waals surface area contributed by atoms with Gasteiger partial charge in [-0.25, -0.2) is 9.97 Å². The first kappa shape index (κ1) is 17.7. The predicted octanol–water partition coefficient (Wildman–Crippen LogP) is 3.02. The molecule has 0 aliphatic heterocycles. The lowest BCUT2D eigenvalue weighted by molar-refractivity contribution is -0.128. The molecule has 1 heterocycles. The van der Waals surface area contributed by atoms with Gasteiger partial charge in [-0.05, 0) is 20.8 Å². The van der Waals surface area contributed by atoms with Crippen molar-refractivity contribution >= 4 is 23.3 Å². The van der Waals surface area contributed by atoms with Gasteiger partial charge in [0.05, 0.1) is 6.54 Å². The van der Waals surface area contributed by atoms with E-state index in [0.29, 0.717) is 29.9 Å². The number of carbonyl (C=O) groups excluding carboxylic acids is 1. The Labute approximate surface area is 132 Å². The lowest BCUT2D eigenvalue weighted by Gasteiger charge is -2.21. The number of rotatable bonds is 5. The van der Waals surface area contributed by atoms with E-state index in [1.807, 2.05) is 41.5 Å². The molecular weight excluding hydrogens is 288 g/mol. The average molecular weight is 313 g/mol. The molecule has 0 atom stereocenters. The molecule has 0 saturated heterocycles. The minimum Gasteiger partial charge on any atom is -0.361 e. The number of nitrogens with one attached hydrogen (secondary N) is 1. The Balaban J connectivity index is 2.93. The van der Waals surface area contributed by atoms with Crippen molar-refractivity contribution in [3.05, 3.63) is 16.5 Å². The minimum atomic E-state index is -0.198. The summed E-state index contributed by atoms with van der Waals surface area (Å²) in [6.07, 6.45) is 0. The molecular formula is C15H25ClN4O. The van der Waals surface area contributed by atoms with Gasteiger partial charge in [-0.1, -0.05) is 32.4 Å². The minimum absolute atomic E-state index is 0.0476. The SMILES string of the molecule is CCN(CC)C(=O)CNc1nc(C(C)(C)C)nc(Cl)c1C. The monoisotopic (exact) mass is 312 g/mol. The smallest absolute Gasteiger partial charge is 0.241 e. The summed E-state index contributed by atoms with van der Waals surface area (Å²) in [4.78, 5) is 22.6. The fourth-order valence-corrected chi connectivity index (χ4v) is 2.01. The fraction of sp³-hybridized carbons (Fsp3) is 0.667. The normalized spacial score (nSPS) is 11.4. The zero-order valence-corrected chi connectivity index (χ0v) is 14.5. The second kappa shape index (κ2) is 7.07. The molecule has 0 spiro atoms. The van der Waals surface area contributed by atoms with Gasteiger partial charge in [0.25, 0.3) is 0 Å². The molecule has 1 aromatic heterocycles. The number of hydrogen-bond donors (Lipinski definition) is 1. The highest BCUT2D eigenvalue weighted by Crippen LogP contribution is 2.25. The quantitative estimate of drug-likeness (QED) is 0.849. The standard InChI is InChI=1S/C15H25ClN4O/c1-7-20(8-2)11(21)9-17-13-10(3)12(16)18-14(19-13)15(4,5)6/h7-9H2,1-6H3,(H,17,18,19). The van der Waals surface area contributed by atoms with Gasteiger partial charge in [-0.15, -0.1) is 0 Å². The molecule has 118 valence electrons. The molecule has 0 radical (unpaired) electrons. The van der Waals surface area contributed by atoms with Crippen LogP contribution in [0.2, 0.25) is 5.15 Å². The second-order valence-electron chi connectivity index (χ2n) is 5.98. The topological polar surface area (TPSA) is 58.1 Å². The van der Waals surface area contributed by atoms with Crippen LogP contribution in [0.1, 0.15) is 46.0 Å². The molecule has 1 N–H and O–H groups in total. The van der Waals surface area contributed by atoms with Crippen LogP contribution in [0.4, 0.5) is 5.82 Å². The molecule has 0 aromatic carbocycles. The highest BCUT2D eigenvalue weighted by atomic mass is 35.5. The highest BCUT2D eigenvalue weighted by molar-refractivity contribution is 6.30. The van der Waals surface area contributed by atoms with E-state index in [4.69, 9.17) is 11.6 Å². The second-order valence-corrected chi connectivity index (χ2v) is 6.34. The number of halogens is 1. The number of carbonyl (C=O) groups is 1. The van der Waals surface area contributed by atoms with Gasteiger partial charge in [-0.2, -0.15) is 0 Å². The van der Waals surface area contributed by atoms with E-state index in [2.05, 4.69) is 15.3 Å². The van der Waals surface area contributed by atoms with Crippen LogP contribution in [0.15, 0.2) is 0 Å². The van der Waals surface area contributed by atoms with Crippen LogP contribution in [0.25, 0.3) is 0 Å². The number of amides is 1. The molecule has 0 aliphatic rings. The van der Waals surface area contributed by atoms with Crippen molar-refractivity contribution in [2.45, 2.75) is 47.0 Å². The summed E-state index contributed by atoms with van der Waals surface area (Å²) in [7, 11) is 0. The van der Waals surface area contributed by atoms with Crippen LogP contribution in [0.3, 0.4) is 0 Å². The van der Waals surface area contributed by atoms with E-state index >= 15 is 0 Å². The molecule has 0 aliphatic carbocycles. The number of anilines is 1. The summed E-state index contributed by atoms with van der Waals surface area (Å²) in [5.74, 6) is 1.34. The third-order valence-electron chi connectivity index (χ3n) is 3.28. The Kier molecular flexibility index (Phi) is 5.96. The Bertz CT molecular complexity index is 507. The van der Waals surface area contributed by atoms with Crippen LogP contribution in [0.5, 0.6) is 0 Å². The number of aromatic nitrogens is 2. The van der Waals surface area contributed by atoms with E-state index < -0.39 is 0 Å². The van der Waals surface area contributed by atoms with Crippen molar-refractivity contribution in [1.82, 2.24) is 14.9 Å². The summed E-state index contributed by atoms with van der Waals surface area (Å²) >= 11 is 6.17. The van der Waals surface area contributed by atoms with Crippen molar-refractivity contribution in [1.29, 1.82) is 0 Å². The van der Waals surface area contributed by atoms with Crippen molar-refractivity contribution in [2.24, 2.45) is 0 Å². The number of nitrogens with zero attached hydrogens (tertiary/aromatic N) is 3. The maximum atomic E-state index is 12.0. The van der Waals surface area contributed by atoms with Gasteiger partial charge in [-0.3, -0.25) is 4.79 Å². The van der Waals surface area contributed by atoms with E-state index in [-0.39, 0.29) is 17.9 Å². The first-order chi connectivity index (χ1) is 9.70. The lowest BCUT2D eigenvalue weighted by Crippen LogP contribution is -2.35. The molecule has 1 aromatic rings. The Morgan fingerprint density at radius 1 is 1.24 bits per heavy atom. The molecule has 0 bridgehead atoms. The average Bonchev–Trinajstić information content (AvgIpc) is 2.40. The summed E-state index contributed by atoms with van der Waals surface area (Å²) in [5.41, 5.74) is 0.563. The molecule has 6 heteroatoms. The molecule has 21 heavy (non-hydrogen) atoms. The first-order valence-electron chi connectivity index (χ1n) is 7.26. The Morgan fingerprint density at radius 3 is 2.29 bits per heavy atom. The van der Waals surface area contributed by atoms with Crippen molar-refractivity contribution < 1.29 is 4.79 Å². The zero-order chi connectivity index (χ0) is 16.2. The van der Waals surface area contributed by atoms with Crippen LogP contribution >= 0.6 is 11.6 Å². The van der Waals surface area contributed by atoms with Gasteiger partial charge in [0, 0.05) is 24.1 Å². The van der Waals surface area contributed by atoms with Gasteiger partial charge >= 0.3 is 0 Å². The zero-order valence-electron chi connectivity index (χ0n) is 13.7. The Hall–Kier alpha value is -1.36. The maximum absolute atomic E-state index is 12.0. The van der Waals surface area contributed by atoms with E-state index in [1.165, 1.54) is 0 Å². The van der Waals surface area contributed by atoms with Crippen LogP contribution in [-0.2, 0) is 10.2 Å². The first-order valence-corrected chi connectivity index (χ1v) is 7.64. The molecule has 0 fully saturated rings. The summed E-state index contributed by atoms with van der Waals surface area (Å²) in [5, 5.41) is 3.51. The van der Waals surface area contributed by atoms with Gasteiger partial charge in [0.1, 0.15) is 16.8 Å². The Morgan fingerprint density at radius 2 is 1.81 bits per heavy atom. The summed E-state index contributed by atoms with van der Waals surface area (Å²) in [6, 6.07) is 0. The van der Waals surface area contributed by atoms with Crippen LogP contribution in [-0.4, -0.2) is 40.4 Å². The highest BCUT2D eigenvalue weighted by Gasteiger charge is 2.21. The fourth-order valence-electron chi connectivity index (χ4n) is 1.84. The largest absolute Gasteiger partial charge is 0.361 e. The number of likely N-dealkylation sites (N-methyl/N-ethyl adjacent to an activating group) is 1. The predicted molar refractivity (Wildman–Crippen MR) is 86.9 cm³/mol. The van der Waals surface area contributed by atoms with Gasteiger partial charge in [0.15, 0.2) is 0 Å². The third-order valence-corrected chi connectivity index (χ3v) is 3.65. The molecule has 1 amide bonds. The maximum Gasteiger partial charge on any atom is 0.241 e. The van der Waals surface area contributed by atoms with Gasteiger partial charge < -0.3 is 10.2 Å². The summed E-state index contributed by atoms with van der Waals surface area (Å²) < 4.78 is 0. The number of hydrogen-bond acceptors (Lipinski definition) is 4. The summed E-state index contributed by atoms with van der Waals surface area (Å²) in [6.45, 7) is 13.5. The van der Waals surface area contributed by atoms with Gasteiger partial charge in [0.2, 0.25) is 5.91 Å². The molecule has 5 nitrogen and oxygen atoms in total. The molecule has 0 saturated carbocycles. The molecule has 0 unspecified atom stereocenters.